The Morgan fingerprint density at radius 2 is 1.58 bits per heavy atom. The summed E-state index contributed by atoms with van der Waals surface area (Å²) in [7, 11) is 3.31. The monoisotopic (exact) mass is 661 g/mol. The van der Waals surface area contributed by atoms with Crippen LogP contribution in [0, 0.1) is 0 Å². The molecule has 48 heavy (non-hydrogen) atoms. The average molecular weight is 662 g/mol. The van der Waals surface area contributed by atoms with Crippen LogP contribution in [0.3, 0.4) is 0 Å². The number of hydrogen-bond donors (Lipinski definition) is 4. The fourth-order valence-electron chi connectivity index (χ4n) is 6.39. The first-order valence-electron chi connectivity index (χ1n) is 16.7. The summed E-state index contributed by atoms with van der Waals surface area (Å²) < 4.78 is 24.3. The van der Waals surface area contributed by atoms with Crippen LogP contribution >= 0.6 is 0 Å². The van der Waals surface area contributed by atoms with Crippen molar-refractivity contribution in [3.05, 3.63) is 88.5 Å². The number of hydrogen-bond acceptors (Lipinski definition) is 9. The topological polar surface area (TPSA) is 139 Å². The molecule has 3 aromatic rings. The number of hydroxylamine groups is 1. The Morgan fingerprint density at radius 1 is 0.875 bits per heavy atom. The zero-order valence-electron chi connectivity index (χ0n) is 27.8. The number of unbranched alkanes of at least 4 members (excludes halogenated alkanes) is 3. The third kappa shape index (κ3) is 9.55. The maximum absolute atomic E-state index is 12.7. The van der Waals surface area contributed by atoms with E-state index in [0.29, 0.717) is 31.4 Å². The number of carbonyl (C=O) groups is 2. The Hall–Kier alpha value is -4.00. The molecule has 1 saturated heterocycles. The van der Waals surface area contributed by atoms with E-state index in [2.05, 4.69) is 22.3 Å². The van der Waals surface area contributed by atoms with E-state index in [-0.39, 0.29) is 31.1 Å². The van der Waals surface area contributed by atoms with E-state index >= 15 is 0 Å². The molecule has 3 aromatic carbocycles. The van der Waals surface area contributed by atoms with Crippen molar-refractivity contribution < 1.29 is 38.9 Å². The highest BCUT2D eigenvalue weighted by Gasteiger charge is 2.34. The Morgan fingerprint density at radius 3 is 2.27 bits per heavy atom. The molecule has 2 heterocycles. The predicted molar refractivity (Wildman–Crippen MR) is 180 cm³/mol. The first-order valence-corrected chi connectivity index (χ1v) is 16.7. The van der Waals surface area contributed by atoms with Crippen molar-refractivity contribution in [2.75, 3.05) is 32.6 Å². The summed E-state index contributed by atoms with van der Waals surface area (Å²) in [4.78, 5) is 26.3. The van der Waals surface area contributed by atoms with Gasteiger partial charge >= 0.3 is 0 Å². The number of aliphatic hydroxyl groups excluding tert-OH is 1. The lowest BCUT2D eigenvalue weighted by Gasteiger charge is -2.39. The molecule has 0 aliphatic carbocycles. The SMILES string of the molecule is COc1cc2c(cc1OC)CN(C[C@H]1C[C@@H](c3ccc(CO)cc3)O[C@@H](c3cccc(NC(=O)CCCCCCC(=O)NO)c3)O1)CC2. The molecule has 1 fully saturated rings. The van der Waals surface area contributed by atoms with Crippen molar-refractivity contribution in [1.82, 2.24) is 10.4 Å². The van der Waals surface area contributed by atoms with E-state index in [1.165, 1.54) is 11.1 Å². The van der Waals surface area contributed by atoms with Gasteiger partial charge in [-0.05, 0) is 65.8 Å². The number of methoxy groups -OCH3 is 2. The van der Waals surface area contributed by atoms with Crippen LogP contribution in [0.1, 0.15) is 85.2 Å². The third-order valence-corrected chi connectivity index (χ3v) is 9.00. The van der Waals surface area contributed by atoms with Crippen molar-refractivity contribution in [3.8, 4) is 11.5 Å². The zero-order valence-corrected chi connectivity index (χ0v) is 27.8. The van der Waals surface area contributed by atoms with Crippen LogP contribution < -0.4 is 20.3 Å². The number of ether oxygens (including phenoxy) is 4. The summed E-state index contributed by atoms with van der Waals surface area (Å²) in [6.45, 7) is 2.37. The number of anilines is 1. The molecule has 258 valence electrons. The highest BCUT2D eigenvalue weighted by atomic mass is 16.7. The van der Waals surface area contributed by atoms with Gasteiger partial charge in [-0.1, -0.05) is 49.2 Å². The summed E-state index contributed by atoms with van der Waals surface area (Å²) in [6.07, 6.45) is 4.25. The van der Waals surface area contributed by atoms with Gasteiger partial charge in [-0.15, -0.1) is 0 Å². The molecule has 0 unspecified atom stereocenters. The molecule has 0 spiro atoms. The molecular weight excluding hydrogens is 614 g/mol. The quantitative estimate of drug-likeness (QED) is 0.0934. The van der Waals surface area contributed by atoms with Crippen LogP contribution in [-0.4, -0.2) is 60.4 Å². The fraction of sp³-hybridized carbons (Fsp3) is 0.459. The molecule has 11 nitrogen and oxygen atoms in total. The number of nitrogens with one attached hydrogen (secondary N) is 2. The van der Waals surface area contributed by atoms with Crippen LogP contribution in [0.2, 0.25) is 0 Å². The van der Waals surface area contributed by atoms with Crippen molar-refractivity contribution in [2.24, 2.45) is 0 Å². The highest BCUT2D eigenvalue weighted by Crippen LogP contribution is 2.39. The normalized spacial score (nSPS) is 19.3. The molecule has 3 atom stereocenters. The van der Waals surface area contributed by atoms with Gasteiger partial charge in [-0.3, -0.25) is 19.7 Å². The minimum Gasteiger partial charge on any atom is -0.493 e. The Labute approximate surface area is 282 Å². The van der Waals surface area contributed by atoms with E-state index in [1.54, 1.807) is 19.7 Å². The number of amides is 2. The van der Waals surface area contributed by atoms with Gasteiger partial charge in [-0.2, -0.15) is 0 Å². The first kappa shape index (κ1) is 35.3. The summed E-state index contributed by atoms with van der Waals surface area (Å²) in [6, 6.07) is 19.6. The van der Waals surface area contributed by atoms with Crippen molar-refractivity contribution >= 4 is 17.5 Å². The number of fused-ring (bicyclic) bond motifs is 1. The van der Waals surface area contributed by atoms with Gasteiger partial charge in [0.1, 0.15) is 0 Å². The maximum Gasteiger partial charge on any atom is 0.243 e. The molecule has 0 saturated carbocycles. The largest absolute Gasteiger partial charge is 0.493 e. The van der Waals surface area contributed by atoms with Crippen LogP contribution in [0.15, 0.2) is 60.7 Å². The second-order valence-corrected chi connectivity index (χ2v) is 12.4. The van der Waals surface area contributed by atoms with E-state index in [1.807, 2.05) is 48.5 Å². The number of carbonyl (C=O) groups excluding carboxylic acids is 2. The van der Waals surface area contributed by atoms with Gasteiger partial charge < -0.3 is 29.4 Å². The lowest BCUT2D eigenvalue weighted by atomic mass is 9.97. The Bertz CT molecular complexity index is 1510. The second-order valence-electron chi connectivity index (χ2n) is 12.4. The molecule has 2 amide bonds. The van der Waals surface area contributed by atoms with E-state index < -0.39 is 12.2 Å². The van der Waals surface area contributed by atoms with E-state index in [4.69, 9.17) is 24.2 Å². The van der Waals surface area contributed by atoms with E-state index in [0.717, 1.165) is 67.1 Å². The molecule has 0 aromatic heterocycles. The standard InChI is InChI=1S/C37H47N3O8/c1-45-33-19-27-16-17-40(22-29(27)20-34(33)46-2)23-31-21-32(26-14-12-25(24-41)13-15-26)48-37(47-31)28-8-7-9-30(18-28)38-35(42)10-5-3-4-6-11-36(43)39-44/h7-9,12-15,18-20,31-32,37,41,44H,3-6,10-11,16-17,21-24H2,1-2H3,(H,38,42)(H,39,43)/t31-,32+,37+/m1/s1. The number of rotatable bonds is 15. The molecule has 11 heteroatoms. The summed E-state index contributed by atoms with van der Waals surface area (Å²) >= 11 is 0. The van der Waals surface area contributed by atoms with Crippen LogP contribution in [-0.2, 0) is 38.6 Å². The van der Waals surface area contributed by atoms with Crippen molar-refractivity contribution in [2.45, 2.75) is 83.0 Å². The minimum atomic E-state index is -0.638. The Balaban J connectivity index is 1.24. The average Bonchev–Trinajstić information content (AvgIpc) is 3.12. The smallest absolute Gasteiger partial charge is 0.243 e. The predicted octanol–water partition coefficient (Wildman–Crippen LogP) is 5.58. The fourth-order valence-corrected chi connectivity index (χ4v) is 6.39. The van der Waals surface area contributed by atoms with Gasteiger partial charge in [0.05, 0.1) is 33.0 Å². The lowest BCUT2D eigenvalue weighted by Crippen LogP contribution is -2.41. The van der Waals surface area contributed by atoms with Crippen LogP contribution in [0.25, 0.3) is 0 Å². The summed E-state index contributed by atoms with van der Waals surface area (Å²) in [5.41, 5.74) is 7.48. The molecule has 0 radical (unpaired) electrons. The number of nitrogens with zero attached hydrogens (tertiary/aromatic N) is 1. The van der Waals surface area contributed by atoms with Gasteiger partial charge in [0.2, 0.25) is 11.8 Å². The van der Waals surface area contributed by atoms with E-state index in [9.17, 15) is 14.7 Å². The van der Waals surface area contributed by atoms with Crippen molar-refractivity contribution in [1.29, 1.82) is 0 Å². The molecule has 2 aliphatic rings. The second kappa shape index (κ2) is 17.4. The van der Waals surface area contributed by atoms with Crippen LogP contribution in [0.4, 0.5) is 5.69 Å². The molecule has 2 aliphatic heterocycles. The maximum atomic E-state index is 12.7. The first-order chi connectivity index (χ1) is 23.4. The van der Waals surface area contributed by atoms with Gasteiger partial charge in [0.25, 0.3) is 0 Å². The number of benzene rings is 3. The summed E-state index contributed by atoms with van der Waals surface area (Å²) in [5, 5.41) is 21.2. The molecule has 4 N–H and O–H groups in total. The lowest BCUT2D eigenvalue weighted by molar-refractivity contribution is -0.253. The van der Waals surface area contributed by atoms with Crippen LogP contribution in [0.5, 0.6) is 11.5 Å². The van der Waals surface area contributed by atoms with Gasteiger partial charge in [0.15, 0.2) is 17.8 Å². The molecule has 5 rings (SSSR count). The summed E-state index contributed by atoms with van der Waals surface area (Å²) in [5.74, 6) is 1.000. The van der Waals surface area contributed by atoms with Crippen molar-refractivity contribution in [3.63, 3.8) is 0 Å². The zero-order chi connectivity index (χ0) is 33.9. The molecule has 0 bridgehead atoms. The highest BCUT2D eigenvalue weighted by molar-refractivity contribution is 5.90. The number of aliphatic hydroxyl groups is 1. The Kier molecular flexibility index (Phi) is 12.8. The minimum absolute atomic E-state index is 0.0187. The third-order valence-electron chi connectivity index (χ3n) is 9.00. The van der Waals surface area contributed by atoms with Gasteiger partial charge in [0, 0.05) is 50.1 Å². The van der Waals surface area contributed by atoms with Gasteiger partial charge in [-0.25, -0.2) is 5.48 Å². The molecular formula is C37H47N3O8.